The van der Waals surface area contributed by atoms with Crippen LogP contribution in [0, 0.1) is 0 Å². The minimum absolute atomic E-state index is 0.425. The number of halogens is 1. The van der Waals surface area contributed by atoms with Crippen molar-refractivity contribution in [1.82, 2.24) is 0 Å². The molecule has 1 heterocycles. The standard InChI is InChI=1S/C13H12BrNO5S/c1-2-8-7-9(14)3-4-10(8)15-21(18,19)12-6-5-11(20-12)13(16)17/h3-7,15H,2H2,1H3,(H,16,17). The van der Waals surface area contributed by atoms with Crippen molar-refractivity contribution >= 4 is 37.6 Å². The molecule has 1 aromatic heterocycles. The van der Waals surface area contributed by atoms with Crippen LogP contribution >= 0.6 is 15.9 Å². The van der Waals surface area contributed by atoms with E-state index in [0.717, 1.165) is 22.2 Å². The number of sulfonamides is 1. The van der Waals surface area contributed by atoms with Gasteiger partial charge in [-0.2, -0.15) is 8.42 Å². The second-order valence-electron chi connectivity index (χ2n) is 4.18. The molecule has 6 nitrogen and oxygen atoms in total. The number of aromatic carboxylic acids is 1. The maximum absolute atomic E-state index is 12.2. The lowest BCUT2D eigenvalue weighted by atomic mass is 10.1. The number of carboxylic acid groups (broad SMARTS) is 1. The first-order chi connectivity index (χ1) is 9.83. The summed E-state index contributed by atoms with van der Waals surface area (Å²) < 4.78 is 32.4. The summed E-state index contributed by atoms with van der Waals surface area (Å²) in [6.45, 7) is 1.90. The number of rotatable bonds is 5. The van der Waals surface area contributed by atoms with Gasteiger partial charge in [0, 0.05) is 4.47 Å². The number of furan rings is 1. The van der Waals surface area contributed by atoms with Gasteiger partial charge in [0.2, 0.25) is 10.9 Å². The lowest BCUT2D eigenvalue weighted by molar-refractivity contribution is 0.0656. The van der Waals surface area contributed by atoms with Crippen molar-refractivity contribution in [2.45, 2.75) is 18.4 Å². The molecule has 0 unspecified atom stereocenters. The van der Waals surface area contributed by atoms with Crippen LogP contribution < -0.4 is 4.72 Å². The molecule has 0 amide bonds. The molecule has 0 spiro atoms. The molecule has 0 aliphatic heterocycles. The van der Waals surface area contributed by atoms with Crippen LogP contribution in [0.5, 0.6) is 0 Å². The third-order valence-corrected chi connectivity index (χ3v) is 4.48. The Bertz CT molecular complexity index is 782. The smallest absolute Gasteiger partial charge is 0.371 e. The summed E-state index contributed by atoms with van der Waals surface area (Å²) in [6, 6.07) is 7.35. The third kappa shape index (κ3) is 3.45. The summed E-state index contributed by atoms with van der Waals surface area (Å²) in [7, 11) is -3.97. The van der Waals surface area contributed by atoms with Crippen molar-refractivity contribution < 1.29 is 22.7 Å². The zero-order valence-electron chi connectivity index (χ0n) is 11.0. The van der Waals surface area contributed by atoms with E-state index in [0.29, 0.717) is 12.1 Å². The van der Waals surface area contributed by atoms with Crippen LogP contribution in [0.15, 0.2) is 44.3 Å². The van der Waals surface area contributed by atoms with Gasteiger partial charge in [0.05, 0.1) is 5.69 Å². The minimum atomic E-state index is -3.97. The molecule has 1 aromatic carbocycles. The van der Waals surface area contributed by atoms with Crippen LogP contribution in [-0.2, 0) is 16.4 Å². The average molecular weight is 374 g/mol. The van der Waals surface area contributed by atoms with E-state index in [1.807, 2.05) is 13.0 Å². The maximum Gasteiger partial charge on any atom is 0.371 e. The number of hydrogen-bond acceptors (Lipinski definition) is 4. The molecule has 0 saturated heterocycles. The first kappa shape index (κ1) is 15.6. The predicted octanol–water partition coefficient (Wildman–Crippen LogP) is 3.10. The molecule has 112 valence electrons. The molecule has 0 radical (unpaired) electrons. The first-order valence-electron chi connectivity index (χ1n) is 5.98. The third-order valence-electron chi connectivity index (χ3n) is 2.75. The van der Waals surface area contributed by atoms with Gasteiger partial charge in [0.1, 0.15) is 0 Å². The van der Waals surface area contributed by atoms with E-state index >= 15 is 0 Å². The molecular weight excluding hydrogens is 362 g/mol. The van der Waals surface area contributed by atoms with E-state index in [2.05, 4.69) is 20.7 Å². The molecule has 0 aliphatic rings. The molecule has 0 aliphatic carbocycles. The summed E-state index contributed by atoms with van der Waals surface area (Å²) in [6.07, 6.45) is 0.635. The lowest BCUT2D eigenvalue weighted by Gasteiger charge is -2.10. The van der Waals surface area contributed by atoms with Gasteiger partial charge >= 0.3 is 5.97 Å². The number of benzene rings is 1. The van der Waals surface area contributed by atoms with E-state index in [9.17, 15) is 13.2 Å². The molecule has 0 saturated carbocycles. The van der Waals surface area contributed by atoms with Crippen LogP contribution in [0.3, 0.4) is 0 Å². The lowest BCUT2D eigenvalue weighted by Crippen LogP contribution is -2.13. The molecular formula is C13H12BrNO5S. The monoisotopic (exact) mass is 373 g/mol. The van der Waals surface area contributed by atoms with Crippen molar-refractivity contribution in [3.63, 3.8) is 0 Å². The van der Waals surface area contributed by atoms with Gasteiger partial charge in [-0.1, -0.05) is 22.9 Å². The van der Waals surface area contributed by atoms with E-state index in [-0.39, 0.29) is 0 Å². The molecule has 0 bridgehead atoms. The highest BCUT2D eigenvalue weighted by Gasteiger charge is 2.22. The first-order valence-corrected chi connectivity index (χ1v) is 8.25. The van der Waals surface area contributed by atoms with Crippen LogP contribution in [0.4, 0.5) is 5.69 Å². The second kappa shape index (κ2) is 5.90. The molecule has 8 heteroatoms. The van der Waals surface area contributed by atoms with Crippen LogP contribution in [0.25, 0.3) is 0 Å². The van der Waals surface area contributed by atoms with E-state index < -0.39 is 26.8 Å². The highest BCUT2D eigenvalue weighted by atomic mass is 79.9. The normalized spacial score (nSPS) is 11.3. The Balaban J connectivity index is 2.35. The number of carbonyl (C=O) groups is 1. The fourth-order valence-electron chi connectivity index (χ4n) is 1.73. The summed E-state index contributed by atoms with van der Waals surface area (Å²) in [5, 5.41) is 8.31. The van der Waals surface area contributed by atoms with Crippen LogP contribution in [0.1, 0.15) is 23.0 Å². The minimum Gasteiger partial charge on any atom is -0.475 e. The SMILES string of the molecule is CCc1cc(Br)ccc1NS(=O)(=O)c1ccc(C(=O)O)o1. The summed E-state index contributed by atoms with van der Waals surface area (Å²) in [5.74, 6) is -1.75. The Morgan fingerprint density at radius 1 is 1.33 bits per heavy atom. The predicted molar refractivity (Wildman–Crippen MR) is 80.0 cm³/mol. The van der Waals surface area contributed by atoms with Crippen molar-refractivity contribution in [1.29, 1.82) is 0 Å². The Labute approximate surface area is 130 Å². The number of nitrogens with one attached hydrogen (secondary N) is 1. The fraction of sp³-hybridized carbons (Fsp3) is 0.154. The number of aryl methyl sites for hydroxylation is 1. The largest absolute Gasteiger partial charge is 0.475 e. The van der Waals surface area contributed by atoms with Crippen LogP contribution in [-0.4, -0.2) is 19.5 Å². The van der Waals surface area contributed by atoms with Crippen molar-refractivity contribution in [2.75, 3.05) is 4.72 Å². The van der Waals surface area contributed by atoms with Gasteiger partial charge in [0.15, 0.2) is 0 Å². The van der Waals surface area contributed by atoms with Gasteiger partial charge in [-0.15, -0.1) is 0 Å². The topological polar surface area (TPSA) is 96.6 Å². The Morgan fingerprint density at radius 2 is 2.05 bits per heavy atom. The number of anilines is 1. The Kier molecular flexibility index (Phi) is 4.38. The quantitative estimate of drug-likeness (QED) is 0.838. The summed E-state index contributed by atoms with van der Waals surface area (Å²) >= 11 is 3.32. The number of hydrogen-bond donors (Lipinski definition) is 2. The van der Waals surface area contributed by atoms with Gasteiger partial charge in [-0.3, -0.25) is 4.72 Å². The molecule has 0 atom stereocenters. The second-order valence-corrected chi connectivity index (χ2v) is 6.71. The van der Waals surface area contributed by atoms with Crippen LogP contribution in [0.2, 0.25) is 0 Å². The Morgan fingerprint density at radius 3 is 2.62 bits per heavy atom. The summed E-state index contributed by atoms with van der Waals surface area (Å²) in [4.78, 5) is 10.7. The molecule has 2 aromatic rings. The van der Waals surface area contributed by atoms with Crippen molar-refractivity contribution in [2.24, 2.45) is 0 Å². The van der Waals surface area contributed by atoms with E-state index in [4.69, 9.17) is 9.52 Å². The van der Waals surface area contributed by atoms with Crippen molar-refractivity contribution in [3.8, 4) is 0 Å². The Hall–Kier alpha value is -1.80. The molecule has 2 rings (SSSR count). The number of carboxylic acids is 1. The average Bonchev–Trinajstić information content (AvgIpc) is 2.91. The van der Waals surface area contributed by atoms with Gasteiger partial charge in [-0.25, -0.2) is 4.79 Å². The van der Waals surface area contributed by atoms with Gasteiger partial charge in [0.25, 0.3) is 10.0 Å². The van der Waals surface area contributed by atoms with Gasteiger partial charge < -0.3 is 9.52 Å². The molecule has 21 heavy (non-hydrogen) atoms. The highest BCUT2D eigenvalue weighted by Crippen LogP contribution is 2.25. The molecule has 2 N–H and O–H groups in total. The fourth-order valence-corrected chi connectivity index (χ4v) is 3.17. The van der Waals surface area contributed by atoms with E-state index in [1.54, 1.807) is 12.1 Å². The van der Waals surface area contributed by atoms with E-state index in [1.165, 1.54) is 0 Å². The maximum atomic E-state index is 12.2. The van der Waals surface area contributed by atoms with Crippen molar-refractivity contribution in [3.05, 3.63) is 46.1 Å². The van der Waals surface area contributed by atoms with Gasteiger partial charge in [-0.05, 0) is 42.3 Å². The zero-order valence-corrected chi connectivity index (χ0v) is 13.4. The highest BCUT2D eigenvalue weighted by molar-refractivity contribution is 9.10. The zero-order chi connectivity index (χ0) is 15.6. The summed E-state index contributed by atoms with van der Waals surface area (Å²) in [5.41, 5.74) is 1.23. The molecule has 0 fully saturated rings.